The van der Waals surface area contributed by atoms with Crippen molar-refractivity contribution in [1.29, 1.82) is 0 Å². The van der Waals surface area contributed by atoms with Gasteiger partial charge in [-0.25, -0.2) is 0 Å². The summed E-state index contributed by atoms with van der Waals surface area (Å²) < 4.78 is 32.5. The Morgan fingerprint density at radius 1 is 0.594 bits per heavy atom. The maximum atomic E-state index is 14.3. The van der Waals surface area contributed by atoms with Crippen molar-refractivity contribution in [3.63, 3.8) is 0 Å². The molecule has 0 bridgehead atoms. The fraction of sp³-hybridized carbons (Fsp3) is 0.0769. The summed E-state index contributed by atoms with van der Waals surface area (Å²) in [5, 5.41) is 0. The standard InChI is InChI=1S/C13H6BrF2I.C13H8BrI/c14-7-1-3-9-10-4-2-8(17)6-12(10)13(15,16)11(9)5-7;14-10-1-3-12-8(6-10)5-9-7-11(15)2-4-13(9)12/h1-6H;1-4,6-7H,5H2. The first kappa shape index (κ1) is 22.9. The van der Waals surface area contributed by atoms with E-state index in [-0.39, 0.29) is 11.1 Å². The highest BCUT2D eigenvalue weighted by Gasteiger charge is 2.44. The monoisotopic (exact) mass is 776 g/mol. The van der Waals surface area contributed by atoms with Gasteiger partial charge in [-0.2, -0.15) is 8.78 Å². The molecule has 0 radical (unpaired) electrons. The van der Waals surface area contributed by atoms with Gasteiger partial charge in [-0.3, -0.25) is 0 Å². The largest absolute Gasteiger partial charge is 0.299 e. The van der Waals surface area contributed by atoms with Gasteiger partial charge in [0.1, 0.15) is 0 Å². The molecule has 6 rings (SSSR count). The van der Waals surface area contributed by atoms with Crippen molar-refractivity contribution in [3.05, 3.63) is 111 Å². The molecular weight excluding hydrogens is 764 g/mol. The van der Waals surface area contributed by atoms with Gasteiger partial charge < -0.3 is 0 Å². The molecule has 0 fully saturated rings. The summed E-state index contributed by atoms with van der Waals surface area (Å²) in [6.07, 6.45) is 1.07. The number of rotatable bonds is 0. The van der Waals surface area contributed by atoms with E-state index in [1.807, 2.05) is 6.07 Å². The zero-order valence-electron chi connectivity index (χ0n) is 16.4. The van der Waals surface area contributed by atoms with E-state index >= 15 is 0 Å². The van der Waals surface area contributed by atoms with E-state index in [0.717, 1.165) is 9.99 Å². The highest BCUT2D eigenvalue weighted by molar-refractivity contribution is 14.1. The first-order valence-electron chi connectivity index (χ1n) is 9.79. The molecule has 160 valence electrons. The molecule has 0 amide bonds. The van der Waals surface area contributed by atoms with Gasteiger partial charge in [0.05, 0.1) is 0 Å². The van der Waals surface area contributed by atoms with Gasteiger partial charge in [-0.05, 0) is 134 Å². The van der Waals surface area contributed by atoms with Gasteiger partial charge in [0.2, 0.25) is 0 Å². The van der Waals surface area contributed by atoms with Crippen LogP contribution in [0.4, 0.5) is 8.78 Å². The second-order valence-corrected chi connectivity index (χ2v) is 12.1. The third kappa shape index (κ3) is 4.09. The molecule has 6 heteroatoms. The van der Waals surface area contributed by atoms with Crippen LogP contribution < -0.4 is 0 Å². The van der Waals surface area contributed by atoms with Crippen LogP contribution in [-0.4, -0.2) is 0 Å². The van der Waals surface area contributed by atoms with Crippen LogP contribution in [-0.2, 0) is 12.3 Å². The molecule has 0 atom stereocenters. The van der Waals surface area contributed by atoms with Gasteiger partial charge in [-0.15, -0.1) is 0 Å². The average Bonchev–Trinajstić information content (AvgIpc) is 3.20. The number of alkyl halides is 2. The van der Waals surface area contributed by atoms with Crippen LogP contribution in [0, 0.1) is 7.14 Å². The Bertz CT molecular complexity index is 1280. The first-order valence-corrected chi connectivity index (χ1v) is 13.5. The number of benzene rings is 4. The Morgan fingerprint density at radius 3 is 1.75 bits per heavy atom. The van der Waals surface area contributed by atoms with E-state index in [1.165, 1.54) is 36.4 Å². The van der Waals surface area contributed by atoms with Crippen LogP contribution in [0.1, 0.15) is 22.3 Å². The fourth-order valence-electron chi connectivity index (χ4n) is 4.32. The normalized spacial score (nSPS) is 14.1. The summed E-state index contributed by atoms with van der Waals surface area (Å²) >= 11 is 11.2. The lowest BCUT2D eigenvalue weighted by Crippen LogP contribution is -2.11. The van der Waals surface area contributed by atoms with Crippen LogP contribution in [0.2, 0.25) is 0 Å². The van der Waals surface area contributed by atoms with E-state index < -0.39 is 5.92 Å². The Hall–Kier alpha value is -0.840. The van der Waals surface area contributed by atoms with Crippen molar-refractivity contribution in [1.82, 2.24) is 0 Å². The van der Waals surface area contributed by atoms with Crippen LogP contribution >= 0.6 is 77.0 Å². The molecule has 4 aromatic carbocycles. The molecule has 0 nitrogen and oxygen atoms in total. The quantitative estimate of drug-likeness (QED) is 0.138. The zero-order valence-corrected chi connectivity index (χ0v) is 23.9. The van der Waals surface area contributed by atoms with Gasteiger partial charge >= 0.3 is 0 Å². The SMILES string of the molecule is Brc1ccc2c(c1)Cc1cc(I)ccc1-2.FC1(F)c2cc(Br)ccc2-c2ccc(I)cc21. The van der Waals surface area contributed by atoms with E-state index in [9.17, 15) is 8.78 Å². The number of fused-ring (bicyclic) bond motifs is 6. The molecule has 4 aromatic rings. The van der Waals surface area contributed by atoms with Gasteiger partial charge in [0.25, 0.3) is 5.92 Å². The van der Waals surface area contributed by atoms with Crippen LogP contribution in [0.25, 0.3) is 22.3 Å². The molecule has 0 unspecified atom stereocenters. The van der Waals surface area contributed by atoms with E-state index in [1.54, 1.807) is 24.3 Å². The number of halogens is 6. The Kier molecular flexibility index (Phi) is 6.26. The lowest BCUT2D eigenvalue weighted by atomic mass is 10.1. The minimum atomic E-state index is -2.89. The van der Waals surface area contributed by atoms with Crippen molar-refractivity contribution in [2.75, 3.05) is 0 Å². The molecule has 2 aliphatic carbocycles. The third-order valence-electron chi connectivity index (χ3n) is 5.74. The summed E-state index contributed by atoms with van der Waals surface area (Å²) in [6.45, 7) is 0. The van der Waals surface area contributed by atoms with E-state index in [0.29, 0.717) is 15.6 Å². The predicted octanol–water partition coefficient (Wildman–Crippen LogP) is 9.80. The van der Waals surface area contributed by atoms with Crippen molar-refractivity contribution in [2.24, 2.45) is 0 Å². The molecule has 0 aromatic heterocycles. The average molecular weight is 778 g/mol. The van der Waals surface area contributed by atoms with Gasteiger partial charge in [0.15, 0.2) is 0 Å². The second kappa shape index (κ2) is 8.74. The maximum absolute atomic E-state index is 14.3. The molecule has 0 saturated heterocycles. The highest BCUT2D eigenvalue weighted by atomic mass is 127. The minimum Gasteiger partial charge on any atom is -0.196 e. The van der Waals surface area contributed by atoms with Crippen LogP contribution in [0.15, 0.2) is 81.7 Å². The summed E-state index contributed by atoms with van der Waals surface area (Å²) in [6, 6.07) is 23.5. The Balaban J connectivity index is 0.000000136. The lowest BCUT2D eigenvalue weighted by Gasteiger charge is -2.12. The maximum Gasteiger partial charge on any atom is 0.299 e. The zero-order chi connectivity index (χ0) is 22.6. The van der Waals surface area contributed by atoms with Gasteiger partial charge in [-0.1, -0.05) is 56.1 Å². The summed E-state index contributed by atoms with van der Waals surface area (Å²) in [5.74, 6) is -2.89. The predicted molar refractivity (Wildman–Crippen MR) is 150 cm³/mol. The van der Waals surface area contributed by atoms with Crippen LogP contribution in [0.5, 0.6) is 0 Å². The van der Waals surface area contributed by atoms with E-state index in [2.05, 4.69) is 113 Å². The Morgan fingerprint density at radius 2 is 1.06 bits per heavy atom. The van der Waals surface area contributed by atoms with Gasteiger partial charge in [0, 0.05) is 27.2 Å². The first-order chi connectivity index (χ1) is 15.2. The fourth-order valence-corrected chi connectivity index (χ4v) is 6.13. The number of hydrogen-bond donors (Lipinski definition) is 0. The molecule has 2 aliphatic rings. The molecule has 0 N–H and O–H groups in total. The molecule has 0 spiro atoms. The highest BCUT2D eigenvalue weighted by Crippen LogP contribution is 2.51. The summed E-state index contributed by atoms with van der Waals surface area (Å²) in [7, 11) is 0. The van der Waals surface area contributed by atoms with Crippen LogP contribution in [0.3, 0.4) is 0 Å². The molecule has 0 saturated carbocycles. The molecular formula is C26H14Br2F2I2. The molecule has 0 heterocycles. The summed E-state index contributed by atoms with van der Waals surface area (Å²) in [5.41, 5.74) is 7.14. The lowest BCUT2D eigenvalue weighted by molar-refractivity contribution is 0.0479. The minimum absolute atomic E-state index is 0.0869. The topological polar surface area (TPSA) is 0 Å². The third-order valence-corrected chi connectivity index (χ3v) is 8.06. The summed E-state index contributed by atoms with van der Waals surface area (Å²) in [4.78, 5) is 0. The number of hydrogen-bond acceptors (Lipinski definition) is 0. The van der Waals surface area contributed by atoms with E-state index in [4.69, 9.17) is 0 Å². The van der Waals surface area contributed by atoms with Crippen molar-refractivity contribution < 1.29 is 8.78 Å². The second-order valence-electron chi connectivity index (χ2n) is 7.73. The smallest absolute Gasteiger partial charge is 0.196 e. The van der Waals surface area contributed by atoms with Crippen molar-refractivity contribution in [2.45, 2.75) is 12.3 Å². The molecule has 0 aliphatic heterocycles. The Labute approximate surface area is 229 Å². The van der Waals surface area contributed by atoms with Crippen molar-refractivity contribution >= 4 is 77.0 Å². The molecule has 32 heavy (non-hydrogen) atoms. The van der Waals surface area contributed by atoms with Crippen molar-refractivity contribution in [3.8, 4) is 22.3 Å².